The SMILES string of the molecule is CCCCCCCCC1CCCC(CCCCCCCCOC(=O)CCS)C1CCCCCCCCOC(=O)CCS. The molecule has 42 heavy (non-hydrogen) atoms. The molecule has 1 fully saturated rings. The largest absolute Gasteiger partial charge is 0.466 e. The summed E-state index contributed by atoms with van der Waals surface area (Å²) in [6, 6.07) is 0. The monoisotopic (exact) mass is 628 g/mol. The molecule has 3 atom stereocenters. The lowest BCUT2D eigenvalue weighted by atomic mass is 9.67. The molecule has 248 valence electrons. The van der Waals surface area contributed by atoms with Gasteiger partial charge in [0.25, 0.3) is 0 Å². The molecular weight excluding hydrogens is 561 g/mol. The van der Waals surface area contributed by atoms with Crippen LogP contribution in [0.2, 0.25) is 0 Å². The number of carbonyl (C=O) groups excluding carboxylic acids is 2. The summed E-state index contributed by atoms with van der Waals surface area (Å²) in [5, 5.41) is 0. The van der Waals surface area contributed by atoms with Crippen molar-refractivity contribution in [1.82, 2.24) is 0 Å². The Balaban J connectivity index is 2.31. The van der Waals surface area contributed by atoms with Gasteiger partial charge >= 0.3 is 11.9 Å². The van der Waals surface area contributed by atoms with E-state index < -0.39 is 0 Å². The van der Waals surface area contributed by atoms with Gasteiger partial charge in [0, 0.05) is 11.5 Å². The first-order valence-corrected chi connectivity index (χ1v) is 19.4. The molecule has 0 bridgehead atoms. The first kappa shape index (κ1) is 39.7. The number of carbonyl (C=O) groups is 2. The molecule has 1 saturated carbocycles. The highest BCUT2D eigenvalue weighted by molar-refractivity contribution is 7.80. The average Bonchev–Trinajstić information content (AvgIpc) is 2.98. The van der Waals surface area contributed by atoms with Crippen molar-refractivity contribution < 1.29 is 19.1 Å². The van der Waals surface area contributed by atoms with E-state index in [1.807, 2.05) is 0 Å². The fraction of sp³-hybridized carbons (Fsp3) is 0.944. The van der Waals surface area contributed by atoms with Gasteiger partial charge in [-0.3, -0.25) is 9.59 Å². The van der Waals surface area contributed by atoms with Crippen molar-refractivity contribution in [2.24, 2.45) is 17.8 Å². The molecule has 3 unspecified atom stereocenters. The van der Waals surface area contributed by atoms with Gasteiger partial charge in [-0.25, -0.2) is 0 Å². The van der Waals surface area contributed by atoms with E-state index in [1.165, 1.54) is 141 Å². The molecule has 0 aromatic rings. The van der Waals surface area contributed by atoms with Gasteiger partial charge < -0.3 is 9.47 Å². The minimum Gasteiger partial charge on any atom is -0.466 e. The second kappa shape index (κ2) is 29.4. The fourth-order valence-corrected chi connectivity index (χ4v) is 7.30. The number of ether oxygens (including phenoxy) is 2. The van der Waals surface area contributed by atoms with Gasteiger partial charge in [0.05, 0.1) is 26.1 Å². The molecule has 4 nitrogen and oxygen atoms in total. The maximum absolute atomic E-state index is 11.4. The predicted molar refractivity (Wildman–Crippen MR) is 186 cm³/mol. The molecule has 6 heteroatoms. The van der Waals surface area contributed by atoms with E-state index in [0.717, 1.165) is 30.6 Å². The highest BCUT2D eigenvalue weighted by atomic mass is 32.1. The molecule has 0 amide bonds. The van der Waals surface area contributed by atoms with Gasteiger partial charge in [0.2, 0.25) is 0 Å². The minimum atomic E-state index is -0.110. The lowest BCUT2D eigenvalue weighted by molar-refractivity contribution is -0.144. The number of hydrogen-bond acceptors (Lipinski definition) is 6. The van der Waals surface area contributed by atoms with Crippen molar-refractivity contribution in [2.75, 3.05) is 24.7 Å². The highest BCUT2D eigenvalue weighted by Gasteiger charge is 2.31. The van der Waals surface area contributed by atoms with Crippen LogP contribution in [-0.4, -0.2) is 36.7 Å². The average molecular weight is 629 g/mol. The number of unbranched alkanes of at least 4 members (excludes halogenated alkanes) is 15. The Hall–Kier alpha value is -0.360. The first-order valence-electron chi connectivity index (χ1n) is 18.1. The van der Waals surface area contributed by atoms with Crippen LogP contribution in [0, 0.1) is 17.8 Å². The third-order valence-electron chi connectivity index (χ3n) is 9.35. The number of thiol groups is 2. The summed E-state index contributed by atoms with van der Waals surface area (Å²) < 4.78 is 10.5. The first-order chi connectivity index (χ1) is 20.6. The smallest absolute Gasteiger partial charge is 0.306 e. The second-order valence-corrected chi connectivity index (χ2v) is 13.8. The van der Waals surface area contributed by atoms with Crippen LogP contribution in [0.1, 0.15) is 174 Å². The Morgan fingerprint density at radius 2 is 0.929 bits per heavy atom. The summed E-state index contributed by atoms with van der Waals surface area (Å²) in [6.07, 6.45) is 33.0. The van der Waals surface area contributed by atoms with Gasteiger partial charge in [0.15, 0.2) is 0 Å². The maximum atomic E-state index is 11.4. The Bertz CT molecular complexity index is 630. The topological polar surface area (TPSA) is 52.6 Å². The molecule has 0 aromatic heterocycles. The fourth-order valence-electron chi connectivity index (χ4n) is 6.93. The van der Waals surface area contributed by atoms with E-state index in [1.54, 1.807) is 0 Å². The second-order valence-electron chi connectivity index (χ2n) is 12.9. The van der Waals surface area contributed by atoms with E-state index in [-0.39, 0.29) is 11.9 Å². The number of hydrogen-bond donors (Lipinski definition) is 2. The number of rotatable bonds is 29. The Morgan fingerprint density at radius 1 is 0.548 bits per heavy atom. The molecule has 0 radical (unpaired) electrons. The molecule has 0 heterocycles. The Kier molecular flexibility index (Phi) is 27.7. The van der Waals surface area contributed by atoms with Crippen LogP contribution >= 0.6 is 25.3 Å². The molecule has 0 aromatic carbocycles. The standard InChI is InChI=1S/C36H68O4S2/c1-2-3-4-5-10-15-21-32-23-20-24-33(22-16-11-6-8-13-18-28-39-35(37)26-30-41)34(32)25-17-12-7-9-14-19-29-40-36(38)27-31-42/h32-34,41-42H,2-31H2,1H3. The molecule has 1 aliphatic carbocycles. The Labute approximate surface area is 271 Å². The summed E-state index contributed by atoms with van der Waals surface area (Å²) in [4.78, 5) is 22.9. The van der Waals surface area contributed by atoms with E-state index in [2.05, 4.69) is 32.2 Å². The van der Waals surface area contributed by atoms with Crippen LogP contribution in [0.25, 0.3) is 0 Å². The molecule has 1 aliphatic rings. The minimum absolute atomic E-state index is 0.109. The quantitative estimate of drug-likeness (QED) is 0.0491. The normalized spacial score (nSPS) is 18.7. The zero-order chi connectivity index (χ0) is 30.5. The van der Waals surface area contributed by atoms with E-state index in [4.69, 9.17) is 9.47 Å². The van der Waals surface area contributed by atoms with E-state index in [9.17, 15) is 9.59 Å². The van der Waals surface area contributed by atoms with Crippen molar-refractivity contribution in [3.8, 4) is 0 Å². The molecule has 0 N–H and O–H groups in total. The van der Waals surface area contributed by atoms with Gasteiger partial charge in [-0.1, -0.05) is 142 Å². The van der Waals surface area contributed by atoms with Gasteiger partial charge in [0.1, 0.15) is 0 Å². The van der Waals surface area contributed by atoms with Gasteiger partial charge in [-0.2, -0.15) is 25.3 Å². The van der Waals surface area contributed by atoms with E-state index >= 15 is 0 Å². The third-order valence-corrected chi connectivity index (χ3v) is 9.80. The van der Waals surface area contributed by atoms with Crippen LogP contribution in [0.5, 0.6) is 0 Å². The van der Waals surface area contributed by atoms with Crippen molar-refractivity contribution in [3.63, 3.8) is 0 Å². The van der Waals surface area contributed by atoms with Crippen LogP contribution in [0.3, 0.4) is 0 Å². The lowest BCUT2D eigenvalue weighted by Gasteiger charge is -2.39. The summed E-state index contributed by atoms with van der Waals surface area (Å²) in [5.41, 5.74) is 0. The summed E-state index contributed by atoms with van der Waals surface area (Å²) in [6.45, 7) is 3.45. The summed E-state index contributed by atoms with van der Waals surface area (Å²) >= 11 is 8.17. The van der Waals surface area contributed by atoms with Crippen LogP contribution in [-0.2, 0) is 19.1 Å². The van der Waals surface area contributed by atoms with Crippen molar-refractivity contribution >= 4 is 37.2 Å². The molecule has 0 spiro atoms. The number of esters is 2. The summed E-state index contributed by atoms with van der Waals surface area (Å²) in [5.74, 6) is 3.78. The zero-order valence-corrected chi connectivity index (χ0v) is 29.3. The lowest BCUT2D eigenvalue weighted by Crippen LogP contribution is -2.28. The van der Waals surface area contributed by atoms with Gasteiger partial charge in [-0.05, 0) is 37.0 Å². The maximum Gasteiger partial charge on any atom is 0.306 e. The molecule has 0 saturated heterocycles. The summed E-state index contributed by atoms with van der Waals surface area (Å²) in [7, 11) is 0. The molecule has 0 aliphatic heterocycles. The van der Waals surface area contributed by atoms with Gasteiger partial charge in [-0.15, -0.1) is 0 Å². The van der Waals surface area contributed by atoms with Crippen LogP contribution in [0.4, 0.5) is 0 Å². The third kappa shape index (κ3) is 22.2. The van der Waals surface area contributed by atoms with Crippen LogP contribution < -0.4 is 0 Å². The van der Waals surface area contributed by atoms with Crippen molar-refractivity contribution in [2.45, 2.75) is 174 Å². The highest BCUT2D eigenvalue weighted by Crippen LogP contribution is 2.43. The molecular formula is C36H68O4S2. The van der Waals surface area contributed by atoms with Crippen molar-refractivity contribution in [3.05, 3.63) is 0 Å². The zero-order valence-electron chi connectivity index (χ0n) is 27.5. The van der Waals surface area contributed by atoms with E-state index in [0.29, 0.717) is 37.6 Å². The Morgan fingerprint density at radius 3 is 1.36 bits per heavy atom. The molecule has 1 rings (SSSR count). The van der Waals surface area contributed by atoms with Crippen molar-refractivity contribution in [1.29, 1.82) is 0 Å². The van der Waals surface area contributed by atoms with Crippen LogP contribution in [0.15, 0.2) is 0 Å². The predicted octanol–water partition coefficient (Wildman–Crippen LogP) is 11.0.